The van der Waals surface area contributed by atoms with Crippen LogP contribution in [0, 0.1) is 5.92 Å². The second kappa shape index (κ2) is 10.0. The minimum Gasteiger partial charge on any atom is -0.497 e. The van der Waals surface area contributed by atoms with Crippen LogP contribution >= 0.6 is 0 Å². The van der Waals surface area contributed by atoms with Gasteiger partial charge in [0.05, 0.1) is 33.5 Å². The van der Waals surface area contributed by atoms with Gasteiger partial charge in [-0.15, -0.1) is 0 Å². The van der Waals surface area contributed by atoms with Crippen molar-refractivity contribution in [1.29, 1.82) is 0 Å². The Labute approximate surface area is 195 Å². The molecule has 33 heavy (non-hydrogen) atoms. The predicted octanol–water partition coefficient (Wildman–Crippen LogP) is 4.02. The molecule has 7 heteroatoms. The molecule has 1 saturated heterocycles. The van der Waals surface area contributed by atoms with Crippen molar-refractivity contribution in [2.45, 2.75) is 43.7 Å². The topological polar surface area (TPSA) is 80.3 Å². The van der Waals surface area contributed by atoms with Crippen LogP contribution in [-0.2, 0) is 4.79 Å². The normalized spacial score (nSPS) is 25.1. The number of piperidine rings is 1. The Bertz CT molecular complexity index is 964. The summed E-state index contributed by atoms with van der Waals surface area (Å²) in [6, 6.07) is 13.0. The first kappa shape index (κ1) is 23.4. The fraction of sp³-hybridized carbons (Fsp3) is 0.500. The quantitative estimate of drug-likeness (QED) is 0.658. The van der Waals surface area contributed by atoms with E-state index >= 15 is 0 Å². The summed E-state index contributed by atoms with van der Waals surface area (Å²) >= 11 is 0. The molecule has 7 nitrogen and oxygen atoms in total. The van der Waals surface area contributed by atoms with Crippen molar-refractivity contribution >= 4 is 11.6 Å². The lowest BCUT2D eigenvalue weighted by Gasteiger charge is -2.52. The molecule has 4 rings (SSSR count). The Kier molecular flexibility index (Phi) is 7.10. The summed E-state index contributed by atoms with van der Waals surface area (Å²) in [4.78, 5) is 15.2. The van der Waals surface area contributed by atoms with E-state index in [-0.39, 0.29) is 24.4 Å². The third kappa shape index (κ3) is 4.94. The highest BCUT2D eigenvalue weighted by Crippen LogP contribution is 2.51. The van der Waals surface area contributed by atoms with Crippen LogP contribution in [-0.4, -0.2) is 55.9 Å². The summed E-state index contributed by atoms with van der Waals surface area (Å²) in [5.74, 6) is 2.13. The van der Waals surface area contributed by atoms with E-state index in [1.165, 1.54) is 0 Å². The van der Waals surface area contributed by atoms with E-state index < -0.39 is 5.60 Å². The van der Waals surface area contributed by atoms with Crippen LogP contribution in [0.4, 0.5) is 5.69 Å². The lowest BCUT2D eigenvalue weighted by atomic mass is 9.66. The Morgan fingerprint density at radius 2 is 1.76 bits per heavy atom. The van der Waals surface area contributed by atoms with Crippen molar-refractivity contribution in [1.82, 2.24) is 4.90 Å². The second-order valence-corrected chi connectivity index (χ2v) is 9.01. The summed E-state index contributed by atoms with van der Waals surface area (Å²) in [5.41, 5.74) is 1.00. The Morgan fingerprint density at radius 1 is 1.03 bits per heavy atom. The van der Waals surface area contributed by atoms with Crippen LogP contribution in [0.15, 0.2) is 42.5 Å². The highest BCUT2D eigenvalue weighted by Gasteiger charge is 2.49. The monoisotopic (exact) mass is 454 g/mol. The number of rotatable bonds is 7. The average molecular weight is 455 g/mol. The molecule has 178 valence electrons. The van der Waals surface area contributed by atoms with Gasteiger partial charge in [-0.05, 0) is 49.6 Å². The molecule has 0 aromatic heterocycles. The molecule has 1 aliphatic heterocycles. The van der Waals surface area contributed by atoms with Crippen LogP contribution in [0.3, 0.4) is 0 Å². The lowest BCUT2D eigenvalue weighted by molar-refractivity contribution is -0.135. The van der Waals surface area contributed by atoms with Crippen molar-refractivity contribution in [3.8, 4) is 17.2 Å². The number of benzene rings is 2. The molecular weight excluding hydrogens is 420 g/mol. The third-order valence-electron chi connectivity index (χ3n) is 7.15. The van der Waals surface area contributed by atoms with Crippen molar-refractivity contribution in [3.63, 3.8) is 0 Å². The average Bonchev–Trinajstić information content (AvgIpc) is 2.84. The van der Waals surface area contributed by atoms with Gasteiger partial charge in [-0.25, -0.2) is 0 Å². The maximum Gasteiger partial charge on any atom is 0.238 e. The molecule has 0 spiro atoms. The first-order valence-electron chi connectivity index (χ1n) is 11.6. The largest absolute Gasteiger partial charge is 0.497 e. The first-order chi connectivity index (χ1) is 16.0. The smallest absolute Gasteiger partial charge is 0.238 e. The van der Waals surface area contributed by atoms with Gasteiger partial charge in [-0.2, -0.15) is 0 Å². The van der Waals surface area contributed by atoms with Crippen molar-refractivity contribution in [2.75, 3.05) is 39.7 Å². The minimum absolute atomic E-state index is 0.0380. The van der Waals surface area contributed by atoms with Crippen LogP contribution < -0.4 is 19.5 Å². The second-order valence-electron chi connectivity index (χ2n) is 9.01. The molecule has 2 N–H and O–H groups in total. The third-order valence-corrected chi connectivity index (χ3v) is 7.15. The summed E-state index contributed by atoms with van der Waals surface area (Å²) in [6.45, 7) is 0.876. The highest BCUT2D eigenvalue weighted by atomic mass is 16.5. The molecule has 3 unspecified atom stereocenters. The molecule has 2 aliphatic rings. The van der Waals surface area contributed by atoms with E-state index in [4.69, 9.17) is 14.2 Å². The zero-order valence-corrected chi connectivity index (χ0v) is 19.7. The number of likely N-dealkylation sites (tertiary alicyclic amines) is 1. The number of amides is 1. The predicted molar refractivity (Wildman–Crippen MR) is 127 cm³/mol. The van der Waals surface area contributed by atoms with Crippen LogP contribution in [0.2, 0.25) is 0 Å². The van der Waals surface area contributed by atoms with Gasteiger partial charge in [0.25, 0.3) is 0 Å². The summed E-state index contributed by atoms with van der Waals surface area (Å²) in [6.07, 6.45) is 4.51. The lowest BCUT2D eigenvalue weighted by Crippen LogP contribution is -2.56. The molecule has 0 radical (unpaired) electrons. The number of anilines is 1. The molecule has 3 atom stereocenters. The highest BCUT2D eigenvalue weighted by molar-refractivity contribution is 5.92. The number of hydrogen-bond acceptors (Lipinski definition) is 6. The number of ether oxygens (including phenoxy) is 3. The number of nitrogens with zero attached hydrogens (tertiary/aromatic N) is 1. The molecule has 1 aliphatic carbocycles. The van der Waals surface area contributed by atoms with Crippen molar-refractivity contribution in [3.05, 3.63) is 48.0 Å². The van der Waals surface area contributed by atoms with E-state index in [9.17, 15) is 9.90 Å². The van der Waals surface area contributed by atoms with Crippen molar-refractivity contribution < 1.29 is 24.1 Å². The first-order valence-corrected chi connectivity index (χ1v) is 11.6. The maximum atomic E-state index is 13.0. The minimum atomic E-state index is -0.711. The number of carbonyl (C=O) groups is 1. The summed E-state index contributed by atoms with van der Waals surface area (Å²) in [7, 11) is 4.89. The number of fused-ring (bicyclic) bond motifs is 1. The van der Waals surface area contributed by atoms with Crippen molar-refractivity contribution in [2.24, 2.45) is 5.92 Å². The van der Waals surface area contributed by atoms with E-state index in [0.29, 0.717) is 18.7 Å². The fourth-order valence-corrected chi connectivity index (χ4v) is 5.46. The molecule has 2 aromatic rings. The standard InChI is InChI=1S/C26H34N2O5/c1-31-19-9-7-18(8-10-19)27-24(29)17-28-15-14-26(30)13-5-4-6-22(26)25(28)21-12-11-20(32-2)16-23(21)33-3/h7-12,16,22,25,30H,4-6,13-15,17H2,1-3H3,(H,27,29). The van der Waals surface area contributed by atoms with Gasteiger partial charge in [-0.1, -0.05) is 18.9 Å². The van der Waals surface area contributed by atoms with Crippen LogP contribution in [0.1, 0.15) is 43.7 Å². The van der Waals surface area contributed by atoms with Crippen LogP contribution in [0.25, 0.3) is 0 Å². The van der Waals surface area contributed by atoms with E-state index in [1.807, 2.05) is 42.5 Å². The molecule has 2 fully saturated rings. The molecule has 1 amide bonds. The van der Waals surface area contributed by atoms with Crippen LogP contribution in [0.5, 0.6) is 17.2 Å². The molecule has 1 heterocycles. The number of hydrogen-bond donors (Lipinski definition) is 2. The Balaban J connectivity index is 1.60. The number of carbonyl (C=O) groups excluding carboxylic acids is 1. The zero-order valence-electron chi connectivity index (χ0n) is 19.7. The number of nitrogens with one attached hydrogen (secondary N) is 1. The SMILES string of the molecule is COc1ccc(NC(=O)CN2CCC3(O)CCCCC3C2c2ccc(OC)cc2OC)cc1. The van der Waals surface area contributed by atoms with Gasteiger partial charge in [0, 0.05) is 35.8 Å². The molecular formula is C26H34N2O5. The van der Waals surface area contributed by atoms with Gasteiger partial charge in [0.2, 0.25) is 5.91 Å². The molecule has 2 aromatic carbocycles. The van der Waals surface area contributed by atoms with E-state index in [1.54, 1.807) is 21.3 Å². The van der Waals surface area contributed by atoms with Gasteiger partial charge in [-0.3, -0.25) is 9.69 Å². The van der Waals surface area contributed by atoms with E-state index in [2.05, 4.69) is 10.2 Å². The summed E-state index contributed by atoms with van der Waals surface area (Å²) in [5, 5.41) is 14.5. The van der Waals surface area contributed by atoms with Gasteiger partial charge >= 0.3 is 0 Å². The van der Waals surface area contributed by atoms with Gasteiger partial charge < -0.3 is 24.6 Å². The van der Waals surface area contributed by atoms with Gasteiger partial charge in [0.1, 0.15) is 17.2 Å². The molecule has 1 saturated carbocycles. The fourth-order valence-electron chi connectivity index (χ4n) is 5.46. The Morgan fingerprint density at radius 3 is 2.45 bits per heavy atom. The zero-order chi connectivity index (χ0) is 23.4. The number of methoxy groups -OCH3 is 3. The number of aliphatic hydroxyl groups is 1. The summed E-state index contributed by atoms with van der Waals surface area (Å²) < 4.78 is 16.3. The van der Waals surface area contributed by atoms with E-state index in [0.717, 1.165) is 48.4 Å². The van der Waals surface area contributed by atoms with Gasteiger partial charge in [0.15, 0.2) is 0 Å². The Hall–Kier alpha value is -2.77. The maximum absolute atomic E-state index is 13.0. The molecule has 0 bridgehead atoms.